The molecule has 0 aliphatic carbocycles. The fraction of sp³-hybridized carbons (Fsp3) is 0.143. The van der Waals surface area contributed by atoms with E-state index in [1.807, 2.05) is 31.8 Å². The number of nitrogens with zero attached hydrogens (tertiary/aromatic N) is 2. The molecule has 2 N–H and O–H groups in total. The molecular weight excluding hydrogens is 210 g/mol. The van der Waals surface area contributed by atoms with Gasteiger partial charge in [0.1, 0.15) is 0 Å². The number of rotatable bonds is 2. The standard InChI is InChI=1S/C14H14N3/c1-2-12(15)17-9-7-11-6-5-10-4-3-8-16-13(10)14(11)17/h2-9,12H,15H2,1H3/t12-/m0/s1. The van der Waals surface area contributed by atoms with Gasteiger partial charge in [0.2, 0.25) is 0 Å². The first-order valence-corrected chi connectivity index (χ1v) is 5.70. The SMILES string of the molecule is C[CH][C@@H](N)n1ccc2ccc3cccnc3c21. The van der Waals surface area contributed by atoms with Gasteiger partial charge in [0.05, 0.1) is 17.2 Å². The number of nitrogens with two attached hydrogens (primary N) is 1. The van der Waals surface area contributed by atoms with Gasteiger partial charge < -0.3 is 10.3 Å². The molecule has 0 amide bonds. The maximum Gasteiger partial charge on any atom is 0.0945 e. The van der Waals surface area contributed by atoms with Crippen molar-refractivity contribution in [2.75, 3.05) is 0 Å². The van der Waals surface area contributed by atoms with Gasteiger partial charge in [-0.15, -0.1) is 0 Å². The molecule has 0 bridgehead atoms. The Hall–Kier alpha value is -1.87. The fourth-order valence-corrected chi connectivity index (χ4v) is 2.20. The van der Waals surface area contributed by atoms with Crippen LogP contribution in [0.5, 0.6) is 0 Å². The van der Waals surface area contributed by atoms with Gasteiger partial charge in [0.15, 0.2) is 0 Å². The molecule has 0 spiro atoms. The summed E-state index contributed by atoms with van der Waals surface area (Å²) in [5.41, 5.74) is 8.19. The van der Waals surface area contributed by atoms with Gasteiger partial charge in [-0.25, -0.2) is 0 Å². The molecule has 0 saturated heterocycles. The van der Waals surface area contributed by atoms with Crippen molar-refractivity contribution < 1.29 is 0 Å². The van der Waals surface area contributed by atoms with Crippen LogP contribution in [0.4, 0.5) is 0 Å². The zero-order valence-electron chi connectivity index (χ0n) is 9.67. The summed E-state index contributed by atoms with van der Waals surface area (Å²) in [6, 6.07) is 10.3. The molecule has 1 radical (unpaired) electrons. The molecule has 0 unspecified atom stereocenters. The molecule has 0 fully saturated rings. The summed E-state index contributed by atoms with van der Waals surface area (Å²) < 4.78 is 2.06. The summed E-state index contributed by atoms with van der Waals surface area (Å²) in [7, 11) is 0. The molecule has 3 rings (SSSR count). The van der Waals surface area contributed by atoms with Gasteiger partial charge in [-0.05, 0) is 18.6 Å². The zero-order valence-corrected chi connectivity index (χ0v) is 9.67. The molecule has 0 saturated carbocycles. The van der Waals surface area contributed by atoms with Crippen LogP contribution in [0.25, 0.3) is 21.8 Å². The predicted molar refractivity (Wildman–Crippen MR) is 70.4 cm³/mol. The second-order valence-corrected chi connectivity index (χ2v) is 4.13. The van der Waals surface area contributed by atoms with Crippen LogP contribution in [0.1, 0.15) is 13.1 Å². The lowest BCUT2D eigenvalue weighted by Gasteiger charge is -2.13. The Bertz CT molecular complexity index is 669. The van der Waals surface area contributed by atoms with E-state index in [1.165, 1.54) is 5.39 Å². The maximum absolute atomic E-state index is 6.08. The number of fused-ring (bicyclic) bond motifs is 3. The highest BCUT2D eigenvalue weighted by atomic mass is 15.1. The molecule has 1 atom stereocenters. The van der Waals surface area contributed by atoms with E-state index in [4.69, 9.17) is 5.73 Å². The summed E-state index contributed by atoms with van der Waals surface area (Å²) in [5.74, 6) is 0. The molecule has 3 aromatic rings. The van der Waals surface area contributed by atoms with E-state index >= 15 is 0 Å². The molecule has 2 heterocycles. The summed E-state index contributed by atoms with van der Waals surface area (Å²) in [4.78, 5) is 4.47. The van der Waals surface area contributed by atoms with Gasteiger partial charge in [-0.3, -0.25) is 4.98 Å². The molecule has 0 aliphatic heterocycles. The van der Waals surface area contributed by atoms with Crippen LogP contribution in [0.3, 0.4) is 0 Å². The predicted octanol–water partition coefficient (Wildman–Crippen LogP) is 2.87. The second-order valence-electron chi connectivity index (χ2n) is 4.13. The van der Waals surface area contributed by atoms with Crippen molar-refractivity contribution in [3.8, 4) is 0 Å². The fourth-order valence-electron chi connectivity index (χ4n) is 2.20. The topological polar surface area (TPSA) is 43.8 Å². The van der Waals surface area contributed by atoms with E-state index in [-0.39, 0.29) is 6.17 Å². The van der Waals surface area contributed by atoms with Gasteiger partial charge in [0, 0.05) is 23.2 Å². The number of benzene rings is 1. The first-order valence-electron chi connectivity index (χ1n) is 5.70. The number of hydrogen-bond donors (Lipinski definition) is 1. The zero-order chi connectivity index (χ0) is 11.8. The summed E-state index contributed by atoms with van der Waals surface area (Å²) in [5, 5.41) is 2.32. The van der Waals surface area contributed by atoms with Crippen LogP contribution in [-0.2, 0) is 0 Å². The number of pyridine rings is 1. The highest BCUT2D eigenvalue weighted by Gasteiger charge is 2.10. The van der Waals surface area contributed by atoms with Gasteiger partial charge in [-0.1, -0.05) is 25.1 Å². The Balaban J connectivity index is 2.42. The lowest BCUT2D eigenvalue weighted by atomic mass is 10.1. The quantitative estimate of drug-likeness (QED) is 0.727. The monoisotopic (exact) mass is 224 g/mol. The molecule has 3 heteroatoms. The van der Waals surface area contributed by atoms with Gasteiger partial charge in [0.25, 0.3) is 0 Å². The highest BCUT2D eigenvalue weighted by molar-refractivity contribution is 6.03. The molecule has 3 nitrogen and oxygen atoms in total. The lowest BCUT2D eigenvalue weighted by molar-refractivity contribution is 0.614. The van der Waals surface area contributed by atoms with Crippen LogP contribution in [0.15, 0.2) is 42.7 Å². The van der Waals surface area contributed by atoms with Crippen LogP contribution >= 0.6 is 0 Å². The third-order valence-electron chi connectivity index (χ3n) is 3.11. The third-order valence-corrected chi connectivity index (χ3v) is 3.11. The minimum atomic E-state index is -0.111. The normalized spacial score (nSPS) is 13.3. The Morgan fingerprint density at radius 3 is 2.88 bits per heavy atom. The van der Waals surface area contributed by atoms with E-state index in [9.17, 15) is 0 Å². The first kappa shape index (κ1) is 10.3. The Morgan fingerprint density at radius 2 is 2.06 bits per heavy atom. The minimum Gasteiger partial charge on any atom is -0.330 e. The van der Waals surface area contributed by atoms with E-state index in [0.29, 0.717) is 0 Å². The van der Waals surface area contributed by atoms with Gasteiger partial charge in [-0.2, -0.15) is 0 Å². The van der Waals surface area contributed by atoms with Crippen LogP contribution < -0.4 is 5.73 Å². The molecule has 0 aliphatic rings. The summed E-state index contributed by atoms with van der Waals surface area (Å²) in [6.07, 6.45) is 5.70. The summed E-state index contributed by atoms with van der Waals surface area (Å²) >= 11 is 0. The number of hydrogen-bond acceptors (Lipinski definition) is 2. The Morgan fingerprint density at radius 1 is 1.24 bits per heavy atom. The van der Waals surface area contributed by atoms with Crippen molar-refractivity contribution in [1.29, 1.82) is 0 Å². The van der Waals surface area contributed by atoms with Crippen molar-refractivity contribution in [1.82, 2.24) is 9.55 Å². The smallest absolute Gasteiger partial charge is 0.0945 e. The first-order chi connectivity index (χ1) is 8.31. The Kier molecular flexibility index (Phi) is 2.34. The largest absolute Gasteiger partial charge is 0.330 e. The van der Waals surface area contributed by atoms with Crippen molar-refractivity contribution in [3.63, 3.8) is 0 Å². The molecule has 1 aromatic carbocycles. The second kappa shape index (κ2) is 3.86. The summed E-state index contributed by atoms with van der Waals surface area (Å²) in [6.45, 7) is 1.97. The lowest BCUT2D eigenvalue weighted by Crippen LogP contribution is -2.17. The van der Waals surface area contributed by atoms with Crippen LogP contribution in [0.2, 0.25) is 0 Å². The van der Waals surface area contributed by atoms with Crippen molar-refractivity contribution in [2.24, 2.45) is 5.73 Å². The molecular formula is C14H14N3. The van der Waals surface area contributed by atoms with Crippen LogP contribution in [-0.4, -0.2) is 9.55 Å². The van der Waals surface area contributed by atoms with Crippen molar-refractivity contribution >= 4 is 21.8 Å². The molecule has 2 aromatic heterocycles. The van der Waals surface area contributed by atoms with Crippen molar-refractivity contribution in [3.05, 3.63) is 49.1 Å². The molecule has 85 valence electrons. The van der Waals surface area contributed by atoms with Gasteiger partial charge >= 0.3 is 0 Å². The van der Waals surface area contributed by atoms with Crippen molar-refractivity contribution in [2.45, 2.75) is 13.1 Å². The van der Waals surface area contributed by atoms with E-state index in [2.05, 4.69) is 33.8 Å². The highest BCUT2D eigenvalue weighted by Crippen LogP contribution is 2.26. The average Bonchev–Trinajstić information content (AvgIpc) is 2.82. The maximum atomic E-state index is 6.08. The molecule has 17 heavy (non-hydrogen) atoms. The van der Waals surface area contributed by atoms with E-state index in [1.54, 1.807) is 0 Å². The number of aromatic nitrogens is 2. The average molecular weight is 224 g/mol. The van der Waals surface area contributed by atoms with E-state index in [0.717, 1.165) is 16.4 Å². The minimum absolute atomic E-state index is 0.111. The van der Waals surface area contributed by atoms with E-state index < -0.39 is 0 Å². The van der Waals surface area contributed by atoms with Crippen LogP contribution in [0, 0.1) is 6.42 Å². The third kappa shape index (κ3) is 1.51. The Labute approximate surface area is 99.9 Å².